The predicted molar refractivity (Wildman–Crippen MR) is 92.8 cm³/mol. The Hall–Kier alpha value is -3.40. The summed E-state index contributed by atoms with van der Waals surface area (Å²) in [6, 6.07) is 6.22. The Morgan fingerprint density at radius 2 is 2.04 bits per heavy atom. The van der Waals surface area contributed by atoms with E-state index in [1.165, 1.54) is 6.07 Å². The largest absolute Gasteiger partial charge is 0.461 e. The van der Waals surface area contributed by atoms with E-state index < -0.39 is 17.7 Å². The Kier molecular flexibility index (Phi) is 5.36. The van der Waals surface area contributed by atoms with Gasteiger partial charge in [-0.15, -0.1) is 0 Å². The zero-order chi connectivity index (χ0) is 19.4. The van der Waals surface area contributed by atoms with Crippen molar-refractivity contribution in [2.45, 2.75) is 13.5 Å². The smallest absolute Gasteiger partial charge is 0.358 e. The fourth-order valence-corrected chi connectivity index (χ4v) is 2.48. The number of ether oxygens (including phenoxy) is 3. The van der Waals surface area contributed by atoms with Crippen LogP contribution in [0.25, 0.3) is 0 Å². The summed E-state index contributed by atoms with van der Waals surface area (Å²) in [6.07, 6.45) is 0. The van der Waals surface area contributed by atoms with Gasteiger partial charge in [0.1, 0.15) is 12.2 Å². The first kappa shape index (κ1) is 18.4. The molecule has 3 N–H and O–H groups in total. The summed E-state index contributed by atoms with van der Waals surface area (Å²) in [7, 11) is 0. The third-order valence-electron chi connectivity index (χ3n) is 3.69. The van der Waals surface area contributed by atoms with E-state index in [0.717, 1.165) is 4.68 Å². The Bertz CT molecular complexity index is 892. The number of Topliss-reactive ketones (excluding diaryl/α,β-unsaturated/α-hetero) is 1. The van der Waals surface area contributed by atoms with Gasteiger partial charge in [0.05, 0.1) is 13.2 Å². The molecule has 0 spiro atoms. The molecule has 1 amide bonds. The summed E-state index contributed by atoms with van der Waals surface area (Å²) in [4.78, 5) is 36.2. The van der Waals surface area contributed by atoms with Crippen molar-refractivity contribution in [2.75, 3.05) is 25.3 Å². The minimum absolute atomic E-state index is 0.0568. The van der Waals surface area contributed by atoms with Crippen molar-refractivity contribution in [3.8, 4) is 11.5 Å². The molecule has 10 heteroatoms. The Morgan fingerprint density at radius 1 is 1.26 bits per heavy atom. The quantitative estimate of drug-likeness (QED) is 0.530. The number of nitrogens with zero attached hydrogens (tertiary/aromatic N) is 2. The van der Waals surface area contributed by atoms with Crippen molar-refractivity contribution in [1.82, 2.24) is 9.78 Å². The molecule has 0 unspecified atom stereocenters. The van der Waals surface area contributed by atoms with Crippen LogP contribution < -0.4 is 20.5 Å². The Morgan fingerprint density at radius 3 is 2.78 bits per heavy atom. The number of aromatic nitrogens is 2. The normalized spacial score (nSPS) is 11.9. The molecule has 0 saturated heterocycles. The number of benzene rings is 1. The van der Waals surface area contributed by atoms with Crippen LogP contribution in [0.3, 0.4) is 0 Å². The van der Waals surface area contributed by atoms with Crippen LogP contribution in [0.4, 0.5) is 5.69 Å². The average molecular weight is 374 g/mol. The number of anilines is 1. The Labute approximate surface area is 154 Å². The molecule has 10 nitrogen and oxygen atoms in total. The number of amides is 1. The number of nitrogens with one attached hydrogen (secondary N) is 1. The maximum atomic E-state index is 12.3. The number of carbonyl (C=O) groups is 3. The van der Waals surface area contributed by atoms with E-state index >= 15 is 0 Å². The van der Waals surface area contributed by atoms with E-state index in [4.69, 9.17) is 19.9 Å². The molecular weight excluding hydrogens is 356 g/mol. The maximum absolute atomic E-state index is 12.3. The second-order valence-electron chi connectivity index (χ2n) is 5.54. The lowest BCUT2D eigenvalue weighted by molar-refractivity contribution is -0.116. The molecule has 0 bridgehead atoms. The lowest BCUT2D eigenvalue weighted by Crippen LogP contribution is -2.24. The van der Waals surface area contributed by atoms with Gasteiger partial charge in [-0.05, 0) is 19.1 Å². The summed E-state index contributed by atoms with van der Waals surface area (Å²) < 4.78 is 16.5. The van der Waals surface area contributed by atoms with E-state index in [2.05, 4.69) is 10.4 Å². The van der Waals surface area contributed by atoms with Crippen LogP contribution in [0.1, 0.15) is 27.9 Å². The number of carbonyl (C=O) groups excluding carboxylic acids is 3. The molecular formula is C17H18N4O6. The van der Waals surface area contributed by atoms with Crippen molar-refractivity contribution >= 4 is 23.3 Å². The highest BCUT2D eigenvalue weighted by molar-refractivity contribution is 5.99. The fourth-order valence-electron chi connectivity index (χ4n) is 2.48. The zero-order valence-corrected chi connectivity index (χ0v) is 14.6. The average Bonchev–Trinajstić information content (AvgIpc) is 3.27. The summed E-state index contributed by atoms with van der Waals surface area (Å²) in [5.74, 6) is -0.462. The van der Waals surface area contributed by atoms with Gasteiger partial charge in [0.15, 0.2) is 23.0 Å². The lowest BCUT2D eigenvalue weighted by atomic mass is 10.2. The number of ketones is 1. The molecule has 0 aliphatic carbocycles. The first-order valence-electron chi connectivity index (χ1n) is 8.19. The second kappa shape index (κ2) is 7.87. The predicted octanol–water partition coefficient (Wildman–Crippen LogP) is 0.569. The van der Waals surface area contributed by atoms with Gasteiger partial charge < -0.3 is 25.3 Å². The van der Waals surface area contributed by atoms with E-state index in [0.29, 0.717) is 17.2 Å². The second-order valence-corrected chi connectivity index (χ2v) is 5.54. The summed E-state index contributed by atoms with van der Waals surface area (Å²) in [6.45, 7) is 1.38. The van der Waals surface area contributed by atoms with Crippen LogP contribution in [0, 0.1) is 0 Å². The first-order valence-corrected chi connectivity index (χ1v) is 8.19. The van der Waals surface area contributed by atoms with E-state index in [-0.39, 0.29) is 37.9 Å². The van der Waals surface area contributed by atoms with Crippen molar-refractivity contribution in [1.29, 1.82) is 0 Å². The minimum Gasteiger partial charge on any atom is -0.461 e. The third kappa shape index (κ3) is 4.06. The molecule has 1 aliphatic rings. The number of fused-ring (bicyclic) bond motifs is 1. The molecule has 2 heterocycles. The van der Waals surface area contributed by atoms with Gasteiger partial charge in [0.2, 0.25) is 12.7 Å². The van der Waals surface area contributed by atoms with Gasteiger partial charge in [-0.3, -0.25) is 14.3 Å². The molecule has 0 atom stereocenters. The molecule has 1 aliphatic heterocycles. The standard InChI is InChI=1S/C17H18N4O6/c1-2-25-17(24)11-6-12(13(22)7-18)21(20-11)8-16(23)19-10-3-4-14-15(5-10)27-9-26-14/h3-6H,2,7-9,18H2,1H3,(H,19,23). The molecule has 142 valence electrons. The maximum Gasteiger partial charge on any atom is 0.358 e. The van der Waals surface area contributed by atoms with Crippen LogP contribution in [-0.2, 0) is 16.1 Å². The zero-order valence-electron chi connectivity index (χ0n) is 14.6. The van der Waals surface area contributed by atoms with Crippen molar-refractivity contribution in [2.24, 2.45) is 5.73 Å². The van der Waals surface area contributed by atoms with Gasteiger partial charge in [-0.25, -0.2) is 4.79 Å². The highest BCUT2D eigenvalue weighted by atomic mass is 16.7. The van der Waals surface area contributed by atoms with Gasteiger partial charge in [0.25, 0.3) is 0 Å². The van der Waals surface area contributed by atoms with Crippen molar-refractivity contribution in [3.63, 3.8) is 0 Å². The molecule has 1 aromatic heterocycles. The van der Waals surface area contributed by atoms with Crippen LogP contribution in [0.5, 0.6) is 11.5 Å². The lowest BCUT2D eigenvalue weighted by Gasteiger charge is -2.08. The number of hydrogen-bond acceptors (Lipinski definition) is 8. The van der Waals surface area contributed by atoms with Crippen LogP contribution in [-0.4, -0.2) is 47.4 Å². The van der Waals surface area contributed by atoms with Gasteiger partial charge in [0, 0.05) is 17.8 Å². The number of rotatable bonds is 7. The highest BCUT2D eigenvalue weighted by Crippen LogP contribution is 2.34. The van der Waals surface area contributed by atoms with E-state index in [1.54, 1.807) is 25.1 Å². The SMILES string of the molecule is CCOC(=O)c1cc(C(=O)CN)n(CC(=O)Nc2ccc3c(c2)OCO3)n1. The molecule has 0 fully saturated rings. The number of esters is 1. The highest BCUT2D eigenvalue weighted by Gasteiger charge is 2.21. The number of nitrogens with two attached hydrogens (primary N) is 1. The fraction of sp³-hybridized carbons (Fsp3) is 0.294. The van der Waals surface area contributed by atoms with Crippen molar-refractivity contribution < 1.29 is 28.6 Å². The molecule has 0 radical (unpaired) electrons. The van der Waals surface area contributed by atoms with Gasteiger partial charge >= 0.3 is 5.97 Å². The molecule has 1 aromatic carbocycles. The van der Waals surface area contributed by atoms with Gasteiger partial charge in [-0.2, -0.15) is 5.10 Å². The first-order chi connectivity index (χ1) is 13.0. The summed E-state index contributed by atoms with van der Waals surface area (Å²) in [5.41, 5.74) is 5.88. The van der Waals surface area contributed by atoms with Crippen LogP contribution in [0.15, 0.2) is 24.3 Å². The Balaban J connectivity index is 1.76. The van der Waals surface area contributed by atoms with Crippen LogP contribution in [0.2, 0.25) is 0 Å². The molecule has 0 saturated carbocycles. The van der Waals surface area contributed by atoms with Crippen molar-refractivity contribution in [3.05, 3.63) is 35.7 Å². The monoisotopic (exact) mass is 374 g/mol. The van der Waals surface area contributed by atoms with E-state index in [9.17, 15) is 14.4 Å². The molecule has 2 aromatic rings. The third-order valence-corrected chi connectivity index (χ3v) is 3.69. The van der Waals surface area contributed by atoms with Gasteiger partial charge in [-0.1, -0.05) is 0 Å². The minimum atomic E-state index is -0.682. The molecule has 3 rings (SSSR count). The molecule has 27 heavy (non-hydrogen) atoms. The number of hydrogen-bond donors (Lipinski definition) is 2. The van der Waals surface area contributed by atoms with Crippen LogP contribution >= 0.6 is 0 Å². The summed E-state index contributed by atoms with van der Waals surface area (Å²) >= 11 is 0. The topological polar surface area (TPSA) is 135 Å². The summed E-state index contributed by atoms with van der Waals surface area (Å²) in [5, 5.41) is 6.67. The van der Waals surface area contributed by atoms with E-state index in [1.807, 2.05) is 0 Å².